The van der Waals surface area contributed by atoms with Gasteiger partial charge in [0.25, 0.3) is 0 Å². The number of rotatable bonds is 1. The third-order valence-electron chi connectivity index (χ3n) is 2.53. The lowest BCUT2D eigenvalue weighted by Gasteiger charge is -1.92. The summed E-state index contributed by atoms with van der Waals surface area (Å²) in [4.78, 5) is 25.6. The molecule has 2 N–H and O–H groups in total. The summed E-state index contributed by atoms with van der Waals surface area (Å²) in [7, 11) is 0. The minimum atomic E-state index is -0.146. The van der Waals surface area contributed by atoms with Gasteiger partial charge in [-0.05, 0) is 25.1 Å². The van der Waals surface area contributed by atoms with Gasteiger partial charge < -0.3 is 9.97 Å². The van der Waals surface area contributed by atoms with Crippen LogP contribution in [0.5, 0.6) is 0 Å². The molecule has 3 aromatic rings. The molecule has 0 fully saturated rings. The second-order valence-electron chi connectivity index (χ2n) is 3.85. The average molecular weight is 226 g/mol. The first kappa shape index (κ1) is 9.77. The molecule has 0 aliphatic carbocycles. The molecule has 0 aromatic carbocycles. The van der Waals surface area contributed by atoms with Crippen molar-refractivity contribution in [1.29, 1.82) is 0 Å². The van der Waals surface area contributed by atoms with Crippen molar-refractivity contribution >= 4 is 11.2 Å². The molecule has 0 aliphatic heterocycles. The SMILES string of the molecule is Cc1ccc2[nH]c(-c3cc[nH]c(=O)c3)nc2n1. The summed E-state index contributed by atoms with van der Waals surface area (Å²) >= 11 is 0. The van der Waals surface area contributed by atoms with Crippen LogP contribution in [0.2, 0.25) is 0 Å². The number of nitrogens with one attached hydrogen (secondary N) is 2. The summed E-state index contributed by atoms with van der Waals surface area (Å²) < 4.78 is 0. The van der Waals surface area contributed by atoms with Crippen molar-refractivity contribution in [1.82, 2.24) is 19.9 Å². The molecule has 0 bridgehead atoms. The van der Waals surface area contributed by atoms with Gasteiger partial charge in [-0.1, -0.05) is 0 Å². The molecule has 0 unspecified atom stereocenters. The lowest BCUT2D eigenvalue weighted by atomic mass is 10.2. The highest BCUT2D eigenvalue weighted by atomic mass is 16.1. The van der Waals surface area contributed by atoms with Gasteiger partial charge in [0.2, 0.25) is 5.56 Å². The molecule has 5 nitrogen and oxygen atoms in total. The molecular formula is C12H10N4O. The van der Waals surface area contributed by atoms with Gasteiger partial charge in [0.1, 0.15) is 5.82 Å². The second-order valence-corrected chi connectivity index (χ2v) is 3.85. The van der Waals surface area contributed by atoms with E-state index < -0.39 is 0 Å². The number of aryl methyl sites for hydroxylation is 1. The largest absolute Gasteiger partial charge is 0.337 e. The van der Waals surface area contributed by atoms with Crippen LogP contribution in [0.4, 0.5) is 0 Å². The van der Waals surface area contributed by atoms with Gasteiger partial charge in [0.15, 0.2) is 5.65 Å². The summed E-state index contributed by atoms with van der Waals surface area (Å²) in [5, 5.41) is 0. The summed E-state index contributed by atoms with van der Waals surface area (Å²) in [6.07, 6.45) is 1.60. The molecule has 0 saturated carbocycles. The van der Waals surface area contributed by atoms with Gasteiger partial charge in [-0.3, -0.25) is 4.79 Å². The monoisotopic (exact) mass is 226 g/mol. The van der Waals surface area contributed by atoms with Crippen LogP contribution in [0, 0.1) is 6.92 Å². The molecule has 0 atom stereocenters. The number of imidazole rings is 1. The maximum absolute atomic E-state index is 11.2. The Morgan fingerprint density at radius 2 is 2.06 bits per heavy atom. The highest BCUT2D eigenvalue weighted by Gasteiger charge is 2.06. The van der Waals surface area contributed by atoms with E-state index in [0.717, 1.165) is 16.8 Å². The zero-order valence-electron chi connectivity index (χ0n) is 9.19. The topological polar surface area (TPSA) is 74.4 Å². The number of pyridine rings is 2. The zero-order valence-corrected chi connectivity index (χ0v) is 9.19. The molecule has 0 spiro atoms. The van der Waals surface area contributed by atoms with Crippen LogP contribution >= 0.6 is 0 Å². The van der Waals surface area contributed by atoms with E-state index in [1.807, 2.05) is 19.1 Å². The zero-order chi connectivity index (χ0) is 11.8. The van der Waals surface area contributed by atoms with E-state index in [9.17, 15) is 4.79 Å². The number of aromatic nitrogens is 4. The standard InChI is InChI=1S/C12H10N4O/c1-7-2-3-9-12(14-7)16-11(15-9)8-4-5-13-10(17)6-8/h2-6H,1H3,(H,13,17)(H,14,15,16). The Morgan fingerprint density at radius 3 is 2.88 bits per heavy atom. The van der Waals surface area contributed by atoms with E-state index in [2.05, 4.69) is 19.9 Å². The lowest BCUT2D eigenvalue weighted by Crippen LogP contribution is -2.02. The van der Waals surface area contributed by atoms with Gasteiger partial charge in [0.05, 0.1) is 5.52 Å². The fourth-order valence-corrected chi connectivity index (χ4v) is 1.72. The third kappa shape index (κ3) is 1.71. The van der Waals surface area contributed by atoms with Crippen molar-refractivity contribution in [2.75, 3.05) is 0 Å². The highest BCUT2D eigenvalue weighted by Crippen LogP contribution is 2.17. The molecule has 84 valence electrons. The molecule has 0 aliphatic rings. The molecule has 3 heterocycles. The van der Waals surface area contributed by atoms with Crippen molar-refractivity contribution in [3.05, 3.63) is 46.5 Å². The van der Waals surface area contributed by atoms with Crippen LogP contribution in [0.15, 0.2) is 35.3 Å². The van der Waals surface area contributed by atoms with Crippen molar-refractivity contribution in [2.24, 2.45) is 0 Å². The van der Waals surface area contributed by atoms with Gasteiger partial charge in [-0.2, -0.15) is 0 Å². The number of nitrogens with zero attached hydrogens (tertiary/aromatic N) is 2. The van der Waals surface area contributed by atoms with E-state index in [-0.39, 0.29) is 5.56 Å². The molecular weight excluding hydrogens is 216 g/mol. The van der Waals surface area contributed by atoms with Gasteiger partial charge >= 0.3 is 0 Å². The maximum atomic E-state index is 11.2. The molecule has 0 amide bonds. The maximum Gasteiger partial charge on any atom is 0.248 e. The smallest absolute Gasteiger partial charge is 0.248 e. The van der Waals surface area contributed by atoms with E-state index >= 15 is 0 Å². The molecule has 3 rings (SSSR count). The van der Waals surface area contributed by atoms with Crippen LogP contribution in [-0.2, 0) is 0 Å². The fourth-order valence-electron chi connectivity index (χ4n) is 1.72. The first-order chi connectivity index (χ1) is 8.22. The van der Waals surface area contributed by atoms with Crippen LogP contribution in [0.1, 0.15) is 5.69 Å². The Hall–Kier alpha value is -2.43. The van der Waals surface area contributed by atoms with E-state index in [1.165, 1.54) is 6.07 Å². The molecule has 0 radical (unpaired) electrons. The number of H-pyrrole nitrogens is 2. The van der Waals surface area contributed by atoms with Gasteiger partial charge in [0, 0.05) is 23.5 Å². The van der Waals surface area contributed by atoms with Crippen LogP contribution < -0.4 is 5.56 Å². The van der Waals surface area contributed by atoms with Crippen LogP contribution in [0.3, 0.4) is 0 Å². The van der Waals surface area contributed by atoms with Crippen molar-refractivity contribution in [3.8, 4) is 11.4 Å². The summed E-state index contributed by atoms with van der Waals surface area (Å²) in [5.41, 5.74) is 3.06. The molecule has 17 heavy (non-hydrogen) atoms. The summed E-state index contributed by atoms with van der Waals surface area (Å²) in [5.74, 6) is 0.657. The van der Waals surface area contributed by atoms with Gasteiger partial charge in [-0.15, -0.1) is 0 Å². The van der Waals surface area contributed by atoms with Crippen molar-refractivity contribution in [2.45, 2.75) is 6.92 Å². The lowest BCUT2D eigenvalue weighted by molar-refractivity contribution is 1.21. The average Bonchev–Trinajstić information content (AvgIpc) is 2.72. The van der Waals surface area contributed by atoms with Crippen LogP contribution in [0.25, 0.3) is 22.6 Å². The van der Waals surface area contributed by atoms with E-state index in [1.54, 1.807) is 12.3 Å². The number of aromatic amines is 2. The second kappa shape index (κ2) is 3.55. The Bertz CT molecular complexity index is 741. The summed E-state index contributed by atoms with van der Waals surface area (Å²) in [6.45, 7) is 1.92. The Balaban J connectivity index is 2.21. The predicted molar refractivity (Wildman–Crippen MR) is 64.7 cm³/mol. The normalized spacial score (nSPS) is 10.9. The van der Waals surface area contributed by atoms with E-state index in [4.69, 9.17) is 0 Å². The van der Waals surface area contributed by atoms with Crippen molar-refractivity contribution in [3.63, 3.8) is 0 Å². The number of fused-ring (bicyclic) bond motifs is 1. The first-order valence-electron chi connectivity index (χ1n) is 5.25. The molecule has 5 heteroatoms. The third-order valence-corrected chi connectivity index (χ3v) is 2.53. The highest BCUT2D eigenvalue weighted by molar-refractivity contribution is 5.75. The first-order valence-corrected chi connectivity index (χ1v) is 5.25. The minimum Gasteiger partial charge on any atom is -0.337 e. The minimum absolute atomic E-state index is 0.146. The fraction of sp³-hybridized carbons (Fsp3) is 0.0833. The predicted octanol–water partition coefficient (Wildman–Crippen LogP) is 1.62. The quantitative estimate of drug-likeness (QED) is 0.662. The van der Waals surface area contributed by atoms with Crippen molar-refractivity contribution < 1.29 is 0 Å². The Morgan fingerprint density at radius 1 is 1.18 bits per heavy atom. The van der Waals surface area contributed by atoms with E-state index in [0.29, 0.717) is 11.5 Å². The van der Waals surface area contributed by atoms with Crippen LogP contribution in [-0.4, -0.2) is 19.9 Å². The number of hydrogen-bond donors (Lipinski definition) is 2. The number of hydrogen-bond acceptors (Lipinski definition) is 3. The Labute approximate surface area is 96.6 Å². The Kier molecular flexibility index (Phi) is 2.04. The molecule has 0 saturated heterocycles. The molecule has 3 aromatic heterocycles. The van der Waals surface area contributed by atoms with Gasteiger partial charge in [-0.25, -0.2) is 9.97 Å². The summed E-state index contributed by atoms with van der Waals surface area (Å²) in [6, 6.07) is 7.15.